The van der Waals surface area contributed by atoms with Crippen LogP contribution in [0.3, 0.4) is 0 Å². The van der Waals surface area contributed by atoms with Gasteiger partial charge in [0, 0.05) is 32.3 Å². The SMILES string of the molecule is CCCNC(COC)CN1CC(C)CC(C)C1C. The van der Waals surface area contributed by atoms with Crippen LogP contribution in [-0.4, -0.2) is 50.3 Å². The van der Waals surface area contributed by atoms with Crippen LogP contribution < -0.4 is 5.32 Å². The van der Waals surface area contributed by atoms with Gasteiger partial charge in [-0.25, -0.2) is 0 Å². The first-order valence-corrected chi connectivity index (χ1v) is 7.54. The number of piperidine rings is 1. The van der Waals surface area contributed by atoms with Crippen molar-refractivity contribution in [1.29, 1.82) is 0 Å². The fourth-order valence-corrected chi connectivity index (χ4v) is 3.08. The Kier molecular flexibility index (Phi) is 7.20. The van der Waals surface area contributed by atoms with E-state index in [2.05, 4.69) is 37.9 Å². The standard InChI is InChI=1S/C15H32N2O/c1-6-7-16-15(11-18-5)10-17-9-12(2)8-13(3)14(17)4/h12-16H,6-11H2,1-5H3. The molecule has 4 unspecified atom stereocenters. The molecule has 1 saturated heterocycles. The van der Waals surface area contributed by atoms with Crippen LogP contribution in [0.15, 0.2) is 0 Å². The lowest BCUT2D eigenvalue weighted by molar-refractivity contribution is 0.0554. The van der Waals surface area contributed by atoms with Gasteiger partial charge < -0.3 is 10.1 Å². The quantitative estimate of drug-likeness (QED) is 0.757. The third-order valence-electron chi connectivity index (χ3n) is 4.23. The fraction of sp³-hybridized carbons (Fsp3) is 1.00. The van der Waals surface area contributed by atoms with Gasteiger partial charge in [-0.2, -0.15) is 0 Å². The Labute approximate surface area is 113 Å². The lowest BCUT2D eigenvalue weighted by Crippen LogP contribution is -2.52. The van der Waals surface area contributed by atoms with Crippen molar-refractivity contribution in [1.82, 2.24) is 10.2 Å². The van der Waals surface area contributed by atoms with Crippen LogP contribution in [0.4, 0.5) is 0 Å². The van der Waals surface area contributed by atoms with Crippen LogP contribution in [-0.2, 0) is 4.74 Å². The highest BCUT2D eigenvalue weighted by Crippen LogP contribution is 2.26. The van der Waals surface area contributed by atoms with Crippen LogP contribution in [0.5, 0.6) is 0 Å². The molecule has 1 aliphatic rings. The molecule has 0 spiro atoms. The number of rotatable bonds is 7. The van der Waals surface area contributed by atoms with Crippen LogP contribution in [0, 0.1) is 11.8 Å². The molecular weight excluding hydrogens is 224 g/mol. The van der Waals surface area contributed by atoms with E-state index in [9.17, 15) is 0 Å². The predicted octanol–water partition coefficient (Wildman–Crippen LogP) is 2.37. The Balaban J connectivity index is 2.49. The van der Waals surface area contributed by atoms with Gasteiger partial charge in [0.2, 0.25) is 0 Å². The molecule has 0 aromatic rings. The van der Waals surface area contributed by atoms with E-state index >= 15 is 0 Å². The lowest BCUT2D eigenvalue weighted by atomic mass is 9.86. The summed E-state index contributed by atoms with van der Waals surface area (Å²) >= 11 is 0. The molecule has 0 aromatic carbocycles. The largest absolute Gasteiger partial charge is 0.383 e. The molecule has 1 fully saturated rings. The molecule has 3 heteroatoms. The van der Waals surface area contributed by atoms with E-state index < -0.39 is 0 Å². The monoisotopic (exact) mass is 256 g/mol. The molecular formula is C15H32N2O. The van der Waals surface area contributed by atoms with Crippen molar-refractivity contribution in [2.45, 2.75) is 52.6 Å². The minimum absolute atomic E-state index is 0.467. The number of ether oxygens (including phenoxy) is 1. The van der Waals surface area contributed by atoms with Gasteiger partial charge in [-0.3, -0.25) is 4.90 Å². The molecule has 0 aliphatic carbocycles. The van der Waals surface area contributed by atoms with Crippen molar-refractivity contribution in [2.75, 3.05) is 33.4 Å². The maximum absolute atomic E-state index is 5.34. The van der Waals surface area contributed by atoms with Crippen molar-refractivity contribution in [3.63, 3.8) is 0 Å². The summed E-state index contributed by atoms with van der Waals surface area (Å²) in [6.07, 6.45) is 2.55. The maximum atomic E-state index is 5.34. The fourth-order valence-electron chi connectivity index (χ4n) is 3.08. The molecule has 1 aliphatic heterocycles. The summed E-state index contributed by atoms with van der Waals surface area (Å²) in [6, 6.07) is 1.17. The zero-order chi connectivity index (χ0) is 13.5. The number of likely N-dealkylation sites (tertiary alicyclic amines) is 1. The van der Waals surface area contributed by atoms with Gasteiger partial charge in [0.05, 0.1) is 6.61 Å². The van der Waals surface area contributed by atoms with E-state index in [4.69, 9.17) is 4.74 Å². The number of hydrogen-bond donors (Lipinski definition) is 1. The molecule has 1 rings (SSSR count). The van der Waals surface area contributed by atoms with E-state index in [-0.39, 0.29) is 0 Å². The van der Waals surface area contributed by atoms with Crippen LogP contribution in [0.2, 0.25) is 0 Å². The Hall–Kier alpha value is -0.120. The molecule has 4 atom stereocenters. The van der Waals surface area contributed by atoms with E-state index in [0.29, 0.717) is 12.1 Å². The molecule has 1 N–H and O–H groups in total. The Morgan fingerprint density at radius 2 is 2.06 bits per heavy atom. The van der Waals surface area contributed by atoms with Crippen molar-refractivity contribution >= 4 is 0 Å². The minimum Gasteiger partial charge on any atom is -0.383 e. The molecule has 0 saturated carbocycles. The molecule has 108 valence electrons. The van der Waals surface area contributed by atoms with Gasteiger partial charge in [-0.1, -0.05) is 20.8 Å². The number of hydrogen-bond acceptors (Lipinski definition) is 3. The first-order valence-electron chi connectivity index (χ1n) is 7.54. The van der Waals surface area contributed by atoms with Crippen molar-refractivity contribution in [3.8, 4) is 0 Å². The van der Waals surface area contributed by atoms with E-state index in [1.165, 1.54) is 19.4 Å². The highest BCUT2D eigenvalue weighted by Gasteiger charge is 2.29. The zero-order valence-corrected chi connectivity index (χ0v) is 12.9. The van der Waals surface area contributed by atoms with Gasteiger partial charge >= 0.3 is 0 Å². The lowest BCUT2D eigenvalue weighted by Gasteiger charge is -2.42. The number of methoxy groups -OCH3 is 1. The van der Waals surface area contributed by atoms with Gasteiger partial charge in [0.1, 0.15) is 0 Å². The van der Waals surface area contributed by atoms with Gasteiger partial charge in [-0.05, 0) is 38.1 Å². The van der Waals surface area contributed by atoms with Crippen molar-refractivity contribution in [3.05, 3.63) is 0 Å². The van der Waals surface area contributed by atoms with Gasteiger partial charge in [0.15, 0.2) is 0 Å². The first kappa shape index (κ1) is 15.9. The van der Waals surface area contributed by atoms with Crippen LogP contribution in [0.25, 0.3) is 0 Å². The normalized spacial score (nSPS) is 31.5. The molecule has 0 radical (unpaired) electrons. The smallest absolute Gasteiger partial charge is 0.0628 e. The third kappa shape index (κ3) is 4.87. The highest BCUT2D eigenvalue weighted by molar-refractivity contribution is 4.84. The molecule has 0 aromatic heterocycles. The van der Waals surface area contributed by atoms with Crippen LogP contribution >= 0.6 is 0 Å². The summed E-state index contributed by atoms with van der Waals surface area (Å²) in [6.45, 7) is 13.6. The van der Waals surface area contributed by atoms with Gasteiger partial charge in [0.25, 0.3) is 0 Å². The van der Waals surface area contributed by atoms with Crippen molar-refractivity contribution < 1.29 is 4.74 Å². The molecule has 1 heterocycles. The summed E-state index contributed by atoms with van der Waals surface area (Å²) in [7, 11) is 1.80. The van der Waals surface area contributed by atoms with E-state index in [1.807, 2.05) is 0 Å². The summed E-state index contributed by atoms with van der Waals surface area (Å²) in [5.41, 5.74) is 0. The second kappa shape index (κ2) is 8.13. The summed E-state index contributed by atoms with van der Waals surface area (Å²) in [5.74, 6) is 1.63. The molecule has 0 amide bonds. The Bertz CT molecular complexity index is 223. The minimum atomic E-state index is 0.467. The highest BCUT2D eigenvalue weighted by atomic mass is 16.5. The number of nitrogens with zero attached hydrogens (tertiary/aromatic N) is 1. The maximum Gasteiger partial charge on any atom is 0.0628 e. The summed E-state index contributed by atoms with van der Waals surface area (Å²) in [5, 5.41) is 3.60. The molecule has 0 bridgehead atoms. The predicted molar refractivity (Wildman–Crippen MR) is 77.9 cm³/mol. The van der Waals surface area contributed by atoms with E-state index in [1.54, 1.807) is 7.11 Å². The van der Waals surface area contributed by atoms with E-state index in [0.717, 1.165) is 31.5 Å². The van der Waals surface area contributed by atoms with Crippen LogP contribution in [0.1, 0.15) is 40.5 Å². The summed E-state index contributed by atoms with van der Waals surface area (Å²) in [4.78, 5) is 2.64. The average Bonchev–Trinajstić information content (AvgIpc) is 2.32. The second-order valence-electron chi connectivity index (χ2n) is 6.12. The third-order valence-corrected chi connectivity index (χ3v) is 4.23. The topological polar surface area (TPSA) is 24.5 Å². The van der Waals surface area contributed by atoms with Gasteiger partial charge in [-0.15, -0.1) is 0 Å². The zero-order valence-electron chi connectivity index (χ0n) is 12.9. The Morgan fingerprint density at radius 1 is 1.33 bits per heavy atom. The first-order chi connectivity index (χ1) is 8.58. The average molecular weight is 256 g/mol. The van der Waals surface area contributed by atoms with Crippen molar-refractivity contribution in [2.24, 2.45) is 11.8 Å². The Morgan fingerprint density at radius 3 is 2.67 bits per heavy atom. The number of nitrogens with one attached hydrogen (secondary N) is 1. The molecule has 3 nitrogen and oxygen atoms in total. The second-order valence-corrected chi connectivity index (χ2v) is 6.12. The summed E-state index contributed by atoms with van der Waals surface area (Å²) < 4.78 is 5.34. The molecule has 18 heavy (non-hydrogen) atoms.